The number of rotatable bonds is 7. The monoisotopic (exact) mass is 428 g/mol. The second kappa shape index (κ2) is 9.16. The number of nitrogens with one attached hydrogen (secondary N) is 1. The van der Waals surface area contributed by atoms with E-state index in [2.05, 4.69) is 14.8 Å². The average molecular weight is 428 g/mol. The van der Waals surface area contributed by atoms with Crippen LogP contribution in [0.25, 0.3) is 6.08 Å². The van der Waals surface area contributed by atoms with Crippen LogP contribution >= 0.6 is 0 Å². The standard InChI is InChI=1S/C21H20N2O8/c1-12(19(25)28-2)30-16-7-5-4-6-13(16)10-15-18(24)23(21(27)22-15)11-14-8-9-17(31-14)20(26)29-3/h4-10,12H,11H2,1-3H3,(H,22,27)/b15-10-/t12-/m0/s1. The molecular formula is C21H20N2O8. The highest BCUT2D eigenvalue weighted by molar-refractivity contribution is 6.14. The number of nitrogens with zero attached hydrogens (tertiary/aromatic N) is 1. The van der Waals surface area contributed by atoms with E-state index in [0.717, 1.165) is 4.90 Å². The maximum absolute atomic E-state index is 12.7. The lowest BCUT2D eigenvalue weighted by Gasteiger charge is -2.14. The molecule has 3 rings (SSSR count). The molecule has 0 unspecified atom stereocenters. The first-order chi connectivity index (χ1) is 14.8. The molecular weight excluding hydrogens is 408 g/mol. The number of hydrogen-bond acceptors (Lipinski definition) is 8. The Morgan fingerprint density at radius 2 is 1.87 bits per heavy atom. The molecule has 2 aromatic rings. The van der Waals surface area contributed by atoms with E-state index in [1.807, 2.05) is 0 Å². The topological polar surface area (TPSA) is 124 Å². The van der Waals surface area contributed by atoms with Gasteiger partial charge < -0.3 is 23.9 Å². The Labute approximate surface area is 177 Å². The van der Waals surface area contributed by atoms with Gasteiger partial charge in [0.1, 0.15) is 17.2 Å². The quantitative estimate of drug-likeness (QED) is 0.404. The highest BCUT2D eigenvalue weighted by atomic mass is 16.6. The van der Waals surface area contributed by atoms with Gasteiger partial charge in [-0.1, -0.05) is 18.2 Å². The van der Waals surface area contributed by atoms with Gasteiger partial charge in [0.25, 0.3) is 5.91 Å². The normalized spacial score (nSPS) is 15.6. The van der Waals surface area contributed by atoms with Crippen molar-refractivity contribution in [1.29, 1.82) is 0 Å². The van der Waals surface area contributed by atoms with Crippen molar-refractivity contribution >= 4 is 30.0 Å². The van der Waals surface area contributed by atoms with Gasteiger partial charge in [0, 0.05) is 5.56 Å². The molecule has 1 aromatic heterocycles. The Morgan fingerprint density at radius 3 is 2.58 bits per heavy atom. The summed E-state index contributed by atoms with van der Waals surface area (Å²) in [5.74, 6) is -1.27. The molecule has 0 bridgehead atoms. The van der Waals surface area contributed by atoms with Crippen LogP contribution in [0.2, 0.25) is 0 Å². The van der Waals surface area contributed by atoms with Crippen molar-refractivity contribution < 1.29 is 37.8 Å². The first-order valence-corrected chi connectivity index (χ1v) is 9.19. The van der Waals surface area contributed by atoms with Gasteiger partial charge in [-0.3, -0.25) is 9.69 Å². The van der Waals surface area contributed by atoms with E-state index in [4.69, 9.17) is 9.15 Å². The van der Waals surface area contributed by atoms with Gasteiger partial charge in [-0.05, 0) is 31.2 Å². The fourth-order valence-electron chi connectivity index (χ4n) is 2.81. The van der Waals surface area contributed by atoms with Crippen molar-refractivity contribution in [3.63, 3.8) is 0 Å². The summed E-state index contributed by atoms with van der Waals surface area (Å²) in [6.45, 7) is 1.36. The summed E-state index contributed by atoms with van der Waals surface area (Å²) in [6.07, 6.45) is 0.583. The van der Waals surface area contributed by atoms with Crippen LogP contribution in [0, 0.1) is 0 Å². The summed E-state index contributed by atoms with van der Waals surface area (Å²) >= 11 is 0. The molecule has 10 heteroatoms. The van der Waals surface area contributed by atoms with Crippen LogP contribution in [0.4, 0.5) is 4.79 Å². The number of hydrogen-bond donors (Lipinski definition) is 1. The molecule has 162 valence electrons. The molecule has 2 heterocycles. The molecule has 31 heavy (non-hydrogen) atoms. The number of imide groups is 1. The Kier molecular flexibility index (Phi) is 6.39. The predicted octanol–water partition coefficient (Wildman–Crippen LogP) is 2.10. The molecule has 0 aliphatic carbocycles. The van der Waals surface area contributed by atoms with Gasteiger partial charge in [-0.15, -0.1) is 0 Å². The zero-order chi connectivity index (χ0) is 22.5. The van der Waals surface area contributed by atoms with Crippen LogP contribution in [0.1, 0.15) is 28.8 Å². The summed E-state index contributed by atoms with van der Waals surface area (Å²) < 4.78 is 20.1. The Bertz CT molecular complexity index is 1060. The zero-order valence-corrected chi connectivity index (χ0v) is 17.0. The van der Waals surface area contributed by atoms with Gasteiger partial charge in [0.05, 0.1) is 20.8 Å². The molecule has 3 amide bonds. The van der Waals surface area contributed by atoms with E-state index in [1.165, 1.54) is 39.4 Å². The molecule has 1 fully saturated rings. The van der Waals surface area contributed by atoms with E-state index < -0.39 is 30.0 Å². The fourth-order valence-corrected chi connectivity index (χ4v) is 2.81. The minimum Gasteiger partial charge on any atom is -0.478 e. The second-order valence-electron chi connectivity index (χ2n) is 6.46. The van der Waals surface area contributed by atoms with Gasteiger partial charge >= 0.3 is 18.0 Å². The SMILES string of the molecule is COC(=O)c1ccc(CN2C(=O)N/C(=C\c3ccccc3O[C@@H](C)C(=O)OC)C2=O)o1. The van der Waals surface area contributed by atoms with Crippen LogP contribution in [0.3, 0.4) is 0 Å². The Morgan fingerprint density at radius 1 is 1.13 bits per heavy atom. The molecule has 1 N–H and O–H groups in total. The third-order valence-corrected chi connectivity index (χ3v) is 4.38. The number of esters is 2. The van der Waals surface area contributed by atoms with Crippen molar-refractivity contribution in [2.45, 2.75) is 19.6 Å². The molecule has 0 saturated carbocycles. The van der Waals surface area contributed by atoms with Crippen molar-refractivity contribution in [3.8, 4) is 5.75 Å². The zero-order valence-electron chi connectivity index (χ0n) is 17.0. The third-order valence-electron chi connectivity index (χ3n) is 4.38. The number of methoxy groups -OCH3 is 2. The molecule has 0 radical (unpaired) electrons. The van der Waals surface area contributed by atoms with Crippen molar-refractivity contribution in [3.05, 3.63) is 59.2 Å². The summed E-state index contributed by atoms with van der Waals surface area (Å²) in [5.41, 5.74) is 0.501. The van der Waals surface area contributed by atoms with E-state index in [0.29, 0.717) is 11.3 Å². The van der Waals surface area contributed by atoms with Crippen molar-refractivity contribution in [1.82, 2.24) is 10.2 Å². The maximum Gasteiger partial charge on any atom is 0.373 e. The predicted molar refractivity (Wildman–Crippen MR) is 106 cm³/mol. The lowest BCUT2D eigenvalue weighted by molar-refractivity contribution is -0.147. The van der Waals surface area contributed by atoms with E-state index in [9.17, 15) is 19.2 Å². The summed E-state index contributed by atoms with van der Waals surface area (Å²) in [7, 11) is 2.47. The molecule has 1 atom stereocenters. The summed E-state index contributed by atoms with van der Waals surface area (Å²) in [6, 6.07) is 8.95. The van der Waals surface area contributed by atoms with Crippen LogP contribution < -0.4 is 10.1 Å². The van der Waals surface area contributed by atoms with E-state index in [1.54, 1.807) is 24.3 Å². The molecule has 10 nitrogen and oxygen atoms in total. The highest BCUT2D eigenvalue weighted by Crippen LogP contribution is 2.25. The van der Waals surface area contributed by atoms with Crippen LogP contribution in [-0.4, -0.2) is 49.1 Å². The number of urea groups is 1. The fraction of sp³-hybridized carbons (Fsp3) is 0.238. The number of benzene rings is 1. The first-order valence-electron chi connectivity index (χ1n) is 9.19. The first kappa shape index (κ1) is 21.6. The second-order valence-corrected chi connectivity index (χ2v) is 6.46. The van der Waals surface area contributed by atoms with Crippen molar-refractivity contribution in [2.75, 3.05) is 14.2 Å². The van der Waals surface area contributed by atoms with Crippen LogP contribution in [0.15, 0.2) is 46.5 Å². The lowest BCUT2D eigenvalue weighted by atomic mass is 10.1. The lowest BCUT2D eigenvalue weighted by Crippen LogP contribution is -2.30. The largest absolute Gasteiger partial charge is 0.478 e. The molecule has 0 spiro atoms. The number of amides is 3. The Hall–Kier alpha value is -4.08. The summed E-state index contributed by atoms with van der Waals surface area (Å²) in [4.78, 5) is 49.1. The van der Waals surface area contributed by atoms with Crippen molar-refractivity contribution in [2.24, 2.45) is 0 Å². The third kappa shape index (κ3) is 4.74. The number of carbonyl (C=O) groups excluding carboxylic acids is 4. The minimum absolute atomic E-state index is 0.0199. The Balaban J connectivity index is 1.78. The molecule has 1 saturated heterocycles. The summed E-state index contributed by atoms with van der Waals surface area (Å²) in [5, 5.41) is 2.50. The number of ether oxygens (including phenoxy) is 3. The molecule has 1 aliphatic rings. The van der Waals surface area contributed by atoms with Crippen LogP contribution in [-0.2, 0) is 25.6 Å². The van der Waals surface area contributed by atoms with E-state index >= 15 is 0 Å². The van der Waals surface area contributed by atoms with Gasteiger partial charge in [0.15, 0.2) is 6.10 Å². The van der Waals surface area contributed by atoms with Gasteiger partial charge in [-0.25, -0.2) is 14.4 Å². The number of carbonyl (C=O) groups is 4. The smallest absolute Gasteiger partial charge is 0.373 e. The van der Waals surface area contributed by atoms with E-state index in [-0.39, 0.29) is 23.8 Å². The highest BCUT2D eigenvalue weighted by Gasteiger charge is 2.34. The van der Waals surface area contributed by atoms with Gasteiger partial charge in [-0.2, -0.15) is 0 Å². The maximum atomic E-state index is 12.7. The average Bonchev–Trinajstić information content (AvgIpc) is 3.34. The molecule has 1 aromatic carbocycles. The van der Waals surface area contributed by atoms with Gasteiger partial charge in [0.2, 0.25) is 5.76 Å². The number of para-hydroxylation sites is 1. The molecule has 1 aliphatic heterocycles. The van der Waals surface area contributed by atoms with Crippen LogP contribution in [0.5, 0.6) is 5.75 Å². The minimum atomic E-state index is -0.863. The number of furan rings is 1.